The smallest absolute Gasteiger partial charge is 0.337 e. The maximum absolute atomic E-state index is 15.3. The molecule has 2 heterocycles. The number of halogens is 3. The first-order chi connectivity index (χ1) is 18.3. The molecule has 198 valence electrons. The van der Waals surface area contributed by atoms with E-state index in [9.17, 15) is 19.1 Å². The summed E-state index contributed by atoms with van der Waals surface area (Å²) in [6, 6.07) is 9.89. The van der Waals surface area contributed by atoms with Gasteiger partial charge in [0, 0.05) is 35.8 Å². The summed E-state index contributed by atoms with van der Waals surface area (Å²) >= 11 is 6.20. The van der Waals surface area contributed by atoms with Crippen LogP contribution in [-0.4, -0.2) is 62.0 Å². The lowest BCUT2D eigenvalue weighted by Gasteiger charge is -2.32. The molecule has 3 aromatic rings. The molecule has 8 nitrogen and oxygen atoms in total. The topological polar surface area (TPSA) is 88.5 Å². The highest BCUT2D eigenvalue weighted by molar-refractivity contribution is 6.34. The number of rotatable bonds is 5. The van der Waals surface area contributed by atoms with E-state index in [1.54, 1.807) is 18.2 Å². The summed E-state index contributed by atoms with van der Waals surface area (Å²) in [5.41, 5.74) is 1.40. The molecule has 0 spiro atoms. The minimum Gasteiger partial charge on any atom is -0.494 e. The van der Waals surface area contributed by atoms with Gasteiger partial charge < -0.3 is 29.1 Å². The zero-order valence-corrected chi connectivity index (χ0v) is 21.1. The van der Waals surface area contributed by atoms with Gasteiger partial charge in [0.2, 0.25) is 0 Å². The Labute approximate surface area is 221 Å². The number of anilines is 1. The van der Waals surface area contributed by atoms with Gasteiger partial charge in [0.25, 0.3) is 5.91 Å². The van der Waals surface area contributed by atoms with Crippen LogP contribution in [0.25, 0.3) is 11.1 Å². The number of carboxylic acids is 1. The van der Waals surface area contributed by atoms with Crippen LogP contribution in [0.5, 0.6) is 11.5 Å². The molecule has 3 aromatic carbocycles. The number of carboxylic acid groups (broad SMARTS) is 1. The molecule has 0 bridgehead atoms. The number of methoxy groups -OCH3 is 1. The monoisotopic (exact) mass is 544 g/mol. The number of carbonyl (C=O) groups excluding carboxylic acids is 1. The van der Waals surface area contributed by atoms with E-state index in [1.165, 1.54) is 24.1 Å². The first-order valence-electron chi connectivity index (χ1n) is 11.8. The van der Waals surface area contributed by atoms with Crippen LogP contribution in [0.3, 0.4) is 0 Å². The molecule has 0 unspecified atom stereocenters. The van der Waals surface area contributed by atoms with Crippen LogP contribution in [0.2, 0.25) is 5.02 Å². The van der Waals surface area contributed by atoms with E-state index >= 15 is 4.39 Å². The maximum atomic E-state index is 15.3. The summed E-state index contributed by atoms with van der Waals surface area (Å²) in [4.78, 5) is 28.2. The molecule has 1 fully saturated rings. The standard InChI is InChI=1S/C27H23ClF2N2O6/c1-36-24-12-20(28)18(9-22(24)30)26(33)32-13-15-3-2-4-16(25(15)38-14-32)17-11-23(31-5-7-37-8-6-31)19(27(34)35)10-21(17)29/h2-4,9-12H,5-8,13-14H2,1H3,(H,34,35). The third kappa shape index (κ3) is 4.72. The average Bonchev–Trinajstić information content (AvgIpc) is 2.93. The lowest BCUT2D eigenvalue weighted by molar-refractivity contribution is 0.0515. The zero-order valence-electron chi connectivity index (χ0n) is 20.3. The minimum absolute atomic E-state index is 0.0315. The van der Waals surface area contributed by atoms with Gasteiger partial charge in [-0.2, -0.15) is 0 Å². The summed E-state index contributed by atoms with van der Waals surface area (Å²) in [6.07, 6.45) is 0. The molecule has 0 atom stereocenters. The fraction of sp³-hybridized carbons (Fsp3) is 0.259. The minimum atomic E-state index is -1.23. The van der Waals surface area contributed by atoms with Crippen LogP contribution >= 0.6 is 11.6 Å². The highest BCUT2D eigenvalue weighted by atomic mass is 35.5. The second kappa shape index (κ2) is 10.5. The first kappa shape index (κ1) is 25.7. The fourth-order valence-corrected chi connectivity index (χ4v) is 4.88. The van der Waals surface area contributed by atoms with Crippen molar-refractivity contribution in [3.8, 4) is 22.6 Å². The van der Waals surface area contributed by atoms with Crippen LogP contribution < -0.4 is 14.4 Å². The third-order valence-corrected chi connectivity index (χ3v) is 6.85. The van der Waals surface area contributed by atoms with Crippen LogP contribution in [0.1, 0.15) is 26.3 Å². The Bertz CT molecular complexity index is 1430. The Morgan fingerprint density at radius 1 is 1.03 bits per heavy atom. The third-order valence-electron chi connectivity index (χ3n) is 6.54. The maximum Gasteiger partial charge on any atom is 0.337 e. The van der Waals surface area contributed by atoms with Crippen molar-refractivity contribution in [2.75, 3.05) is 45.0 Å². The molecule has 0 aromatic heterocycles. The van der Waals surface area contributed by atoms with Crippen LogP contribution in [0, 0.1) is 11.6 Å². The van der Waals surface area contributed by atoms with Crippen molar-refractivity contribution in [3.63, 3.8) is 0 Å². The lowest BCUT2D eigenvalue weighted by atomic mass is 9.97. The normalized spacial score (nSPS) is 15.1. The van der Waals surface area contributed by atoms with Gasteiger partial charge in [-0.3, -0.25) is 4.79 Å². The second-order valence-corrected chi connectivity index (χ2v) is 9.20. The number of amides is 1. The summed E-state index contributed by atoms with van der Waals surface area (Å²) in [5, 5.41) is 9.72. The highest BCUT2D eigenvalue weighted by Crippen LogP contribution is 2.40. The molecule has 1 N–H and O–H groups in total. The number of morpholine rings is 1. The van der Waals surface area contributed by atoms with Crippen LogP contribution in [0.4, 0.5) is 14.5 Å². The zero-order chi connectivity index (χ0) is 27.0. The van der Waals surface area contributed by atoms with Crippen molar-refractivity contribution >= 4 is 29.2 Å². The van der Waals surface area contributed by atoms with Gasteiger partial charge >= 0.3 is 5.97 Å². The SMILES string of the molecule is COc1cc(Cl)c(C(=O)N2COc3c(cccc3-c3cc(N4CCOCC4)c(C(=O)O)cc3F)C2)cc1F. The molecular weight excluding hydrogens is 522 g/mol. The van der Waals surface area contributed by atoms with Gasteiger partial charge in [-0.25, -0.2) is 13.6 Å². The summed E-state index contributed by atoms with van der Waals surface area (Å²) in [7, 11) is 1.30. The number of aromatic carboxylic acids is 1. The molecule has 2 aliphatic heterocycles. The van der Waals surface area contributed by atoms with E-state index in [0.29, 0.717) is 48.9 Å². The number of nitrogens with zero attached hydrogens (tertiary/aromatic N) is 2. The molecule has 5 rings (SSSR count). The number of ether oxygens (including phenoxy) is 3. The second-order valence-electron chi connectivity index (χ2n) is 8.79. The Morgan fingerprint density at radius 2 is 1.76 bits per heavy atom. The van der Waals surface area contributed by atoms with Crippen molar-refractivity contribution in [3.05, 3.63) is 75.8 Å². The number of carbonyl (C=O) groups is 2. The van der Waals surface area contributed by atoms with E-state index in [1.807, 2.05) is 4.90 Å². The number of para-hydroxylation sites is 1. The predicted molar refractivity (Wildman–Crippen MR) is 135 cm³/mol. The van der Waals surface area contributed by atoms with Gasteiger partial charge in [-0.05, 0) is 18.2 Å². The molecule has 0 radical (unpaired) electrons. The lowest BCUT2D eigenvalue weighted by Crippen LogP contribution is -2.37. The molecule has 1 saturated heterocycles. The molecular formula is C27H23ClF2N2O6. The Hall–Kier alpha value is -3.89. The van der Waals surface area contributed by atoms with Crippen molar-refractivity contribution in [2.45, 2.75) is 6.54 Å². The van der Waals surface area contributed by atoms with Crippen LogP contribution in [-0.2, 0) is 11.3 Å². The number of hydrogen-bond donors (Lipinski definition) is 1. The van der Waals surface area contributed by atoms with Gasteiger partial charge in [-0.1, -0.05) is 29.8 Å². The first-order valence-corrected chi connectivity index (χ1v) is 12.1. The predicted octanol–water partition coefficient (Wildman–Crippen LogP) is 4.82. The van der Waals surface area contributed by atoms with E-state index in [2.05, 4.69) is 0 Å². The van der Waals surface area contributed by atoms with Gasteiger partial charge in [0.1, 0.15) is 11.6 Å². The Balaban J connectivity index is 1.49. The van der Waals surface area contributed by atoms with Gasteiger partial charge in [-0.15, -0.1) is 0 Å². The number of fused-ring (bicyclic) bond motifs is 1. The summed E-state index contributed by atoms with van der Waals surface area (Å²) in [6.45, 7) is 1.74. The van der Waals surface area contributed by atoms with E-state index in [4.69, 9.17) is 25.8 Å². The van der Waals surface area contributed by atoms with Crippen LogP contribution in [0.15, 0.2) is 42.5 Å². The van der Waals surface area contributed by atoms with Gasteiger partial charge in [0.15, 0.2) is 18.3 Å². The van der Waals surface area contributed by atoms with Gasteiger partial charge in [0.05, 0.1) is 48.7 Å². The van der Waals surface area contributed by atoms with Crippen molar-refractivity contribution in [1.29, 1.82) is 0 Å². The van der Waals surface area contributed by atoms with Crippen molar-refractivity contribution < 1.29 is 37.7 Å². The largest absolute Gasteiger partial charge is 0.494 e. The fourth-order valence-electron chi connectivity index (χ4n) is 4.64. The van der Waals surface area contributed by atoms with E-state index in [-0.39, 0.29) is 40.7 Å². The van der Waals surface area contributed by atoms with E-state index < -0.39 is 23.5 Å². The molecule has 11 heteroatoms. The number of hydrogen-bond acceptors (Lipinski definition) is 6. The molecule has 0 aliphatic carbocycles. The Morgan fingerprint density at radius 3 is 2.47 bits per heavy atom. The number of benzene rings is 3. The molecule has 1 amide bonds. The molecule has 38 heavy (non-hydrogen) atoms. The van der Waals surface area contributed by atoms with Crippen molar-refractivity contribution in [2.24, 2.45) is 0 Å². The Kier molecular flexibility index (Phi) is 7.09. The quantitative estimate of drug-likeness (QED) is 0.492. The molecule has 0 saturated carbocycles. The molecule has 2 aliphatic rings. The summed E-state index contributed by atoms with van der Waals surface area (Å²) < 4.78 is 45.7. The highest BCUT2D eigenvalue weighted by Gasteiger charge is 2.29. The van der Waals surface area contributed by atoms with Crippen molar-refractivity contribution in [1.82, 2.24) is 4.90 Å². The average molecular weight is 545 g/mol. The summed E-state index contributed by atoms with van der Waals surface area (Å²) in [5.74, 6) is -2.92. The van der Waals surface area contributed by atoms with E-state index in [0.717, 1.165) is 12.1 Å².